The smallest absolute Gasteiger partial charge is 0.0487 e. The number of aliphatic hydroxyl groups is 1. The van der Waals surface area contributed by atoms with Crippen LogP contribution >= 0.6 is 11.3 Å². The summed E-state index contributed by atoms with van der Waals surface area (Å²) in [5.74, 6) is 0. The van der Waals surface area contributed by atoms with Crippen molar-refractivity contribution >= 4 is 11.3 Å². The van der Waals surface area contributed by atoms with Gasteiger partial charge >= 0.3 is 0 Å². The molecular formula is C13H18OS. The lowest BCUT2D eigenvalue weighted by Crippen LogP contribution is -2.45. The standard InChI is InChI=1S/C13H18OS/c14-10-12-3-6-13(7-4-12,8-5-12)11-2-1-9-15-11/h1-2,9,14H,3-8,10H2. The normalized spacial score (nSPS) is 39.5. The molecule has 2 bridgehead atoms. The third kappa shape index (κ3) is 1.38. The van der Waals surface area contributed by atoms with Gasteiger partial charge in [0, 0.05) is 16.9 Å². The maximum atomic E-state index is 9.48. The molecule has 4 rings (SSSR count). The molecule has 0 atom stereocenters. The van der Waals surface area contributed by atoms with Crippen molar-refractivity contribution in [2.45, 2.75) is 43.9 Å². The topological polar surface area (TPSA) is 20.2 Å². The van der Waals surface area contributed by atoms with E-state index in [1.54, 1.807) is 4.88 Å². The molecule has 1 N–H and O–H groups in total. The van der Waals surface area contributed by atoms with Crippen LogP contribution in [0.3, 0.4) is 0 Å². The Balaban J connectivity index is 1.88. The fourth-order valence-electron chi connectivity index (χ4n) is 3.45. The van der Waals surface area contributed by atoms with Gasteiger partial charge in [0.25, 0.3) is 0 Å². The van der Waals surface area contributed by atoms with Gasteiger partial charge in [0.05, 0.1) is 0 Å². The molecule has 3 aliphatic rings. The average molecular weight is 222 g/mol. The summed E-state index contributed by atoms with van der Waals surface area (Å²) in [7, 11) is 0. The number of aliphatic hydroxyl groups excluding tert-OH is 1. The highest BCUT2D eigenvalue weighted by Gasteiger charge is 2.49. The zero-order valence-corrected chi connectivity index (χ0v) is 9.85. The molecule has 0 aromatic carbocycles. The third-order valence-corrected chi connectivity index (χ3v) is 5.90. The Hall–Kier alpha value is -0.340. The summed E-state index contributed by atoms with van der Waals surface area (Å²) in [4.78, 5) is 1.59. The number of thiophene rings is 1. The minimum absolute atomic E-state index is 0.305. The van der Waals surface area contributed by atoms with Gasteiger partial charge in [0.15, 0.2) is 0 Å². The monoisotopic (exact) mass is 222 g/mol. The Morgan fingerprint density at radius 2 is 1.80 bits per heavy atom. The van der Waals surface area contributed by atoms with Gasteiger partial charge in [-0.25, -0.2) is 0 Å². The Morgan fingerprint density at radius 3 is 2.27 bits per heavy atom. The van der Waals surface area contributed by atoms with Gasteiger partial charge in [-0.05, 0) is 55.4 Å². The van der Waals surface area contributed by atoms with Gasteiger partial charge in [0.2, 0.25) is 0 Å². The van der Waals surface area contributed by atoms with Gasteiger partial charge in [-0.3, -0.25) is 0 Å². The summed E-state index contributed by atoms with van der Waals surface area (Å²) >= 11 is 1.92. The highest BCUT2D eigenvalue weighted by Crippen LogP contribution is 2.58. The molecule has 3 aliphatic carbocycles. The first-order valence-corrected chi connectivity index (χ1v) is 6.82. The summed E-state index contributed by atoms with van der Waals surface area (Å²) in [6.07, 6.45) is 7.61. The van der Waals surface area contributed by atoms with Crippen molar-refractivity contribution in [3.05, 3.63) is 22.4 Å². The van der Waals surface area contributed by atoms with Gasteiger partial charge in [0.1, 0.15) is 0 Å². The van der Waals surface area contributed by atoms with Crippen molar-refractivity contribution in [2.75, 3.05) is 6.61 Å². The van der Waals surface area contributed by atoms with E-state index >= 15 is 0 Å². The fraction of sp³-hybridized carbons (Fsp3) is 0.692. The highest BCUT2D eigenvalue weighted by molar-refractivity contribution is 7.10. The predicted octanol–water partition coefficient (Wildman–Crippen LogP) is 3.33. The summed E-state index contributed by atoms with van der Waals surface area (Å²) in [6.45, 7) is 0.410. The predicted molar refractivity (Wildman–Crippen MR) is 63.2 cm³/mol. The summed E-state index contributed by atoms with van der Waals surface area (Å²) < 4.78 is 0. The number of fused-ring (bicyclic) bond motifs is 3. The van der Waals surface area contributed by atoms with Crippen molar-refractivity contribution in [3.63, 3.8) is 0 Å². The van der Waals surface area contributed by atoms with Crippen molar-refractivity contribution in [1.82, 2.24) is 0 Å². The van der Waals surface area contributed by atoms with Crippen LogP contribution in [0.5, 0.6) is 0 Å². The summed E-state index contributed by atoms with van der Waals surface area (Å²) in [5, 5.41) is 11.7. The van der Waals surface area contributed by atoms with Crippen LogP contribution in [-0.2, 0) is 5.41 Å². The van der Waals surface area contributed by atoms with Gasteiger partial charge in [-0.2, -0.15) is 0 Å². The molecule has 1 heterocycles. The zero-order chi connectivity index (χ0) is 10.4. The molecule has 1 aromatic heterocycles. The molecule has 2 heteroatoms. The van der Waals surface area contributed by atoms with E-state index < -0.39 is 0 Å². The van der Waals surface area contributed by atoms with Gasteiger partial charge < -0.3 is 5.11 Å². The maximum absolute atomic E-state index is 9.48. The minimum Gasteiger partial charge on any atom is -0.396 e. The Labute approximate surface area is 95.1 Å². The minimum atomic E-state index is 0.305. The lowest BCUT2D eigenvalue weighted by atomic mass is 9.53. The molecular weight excluding hydrogens is 204 g/mol. The van der Waals surface area contributed by atoms with Crippen LogP contribution in [0.15, 0.2) is 17.5 Å². The first-order valence-electron chi connectivity index (χ1n) is 5.94. The molecule has 82 valence electrons. The maximum Gasteiger partial charge on any atom is 0.0487 e. The van der Waals surface area contributed by atoms with E-state index in [4.69, 9.17) is 0 Å². The van der Waals surface area contributed by atoms with E-state index in [0.717, 1.165) is 0 Å². The van der Waals surface area contributed by atoms with Crippen molar-refractivity contribution in [2.24, 2.45) is 5.41 Å². The molecule has 0 saturated heterocycles. The van der Waals surface area contributed by atoms with E-state index in [0.29, 0.717) is 17.4 Å². The second kappa shape index (κ2) is 3.33. The second-order valence-corrected chi connectivity index (χ2v) is 6.36. The first-order chi connectivity index (χ1) is 7.29. The second-order valence-electron chi connectivity index (χ2n) is 5.42. The highest BCUT2D eigenvalue weighted by atomic mass is 32.1. The van der Waals surface area contributed by atoms with Gasteiger partial charge in [-0.15, -0.1) is 11.3 Å². The number of hydrogen-bond donors (Lipinski definition) is 1. The first kappa shape index (κ1) is 9.86. The van der Waals surface area contributed by atoms with E-state index in [-0.39, 0.29) is 0 Å². The summed E-state index contributed by atoms with van der Waals surface area (Å²) in [5.41, 5.74) is 0.796. The number of hydrogen-bond acceptors (Lipinski definition) is 2. The SMILES string of the molecule is OCC12CCC(c3cccs3)(CC1)CC2. The van der Waals surface area contributed by atoms with Crippen LogP contribution in [0.25, 0.3) is 0 Å². The van der Waals surface area contributed by atoms with E-state index in [2.05, 4.69) is 17.5 Å². The lowest BCUT2D eigenvalue weighted by Gasteiger charge is -2.52. The van der Waals surface area contributed by atoms with Crippen molar-refractivity contribution in [3.8, 4) is 0 Å². The molecule has 0 radical (unpaired) electrons. The molecule has 0 aliphatic heterocycles. The molecule has 1 aromatic rings. The van der Waals surface area contributed by atoms with Crippen LogP contribution < -0.4 is 0 Å². The Morgan fingerprint density at radius 1 is 1.13 bits per heavy atom. The fourth-order valence-corrected chi connectivity index (χ4v) is 4.47. The van der Waals surface area contributed by atoms with E-state index in [1.807, 2.05) is 11.3 Å². The van der Waals surface area contributed by atoms with Crippen LogP contribution in [0.2, 0.25) is 0 Å². The molecule has 0 spiro atoms. The van der Waals surface area contributed by atoms with Crippen LogP contribution in [0.1, 0.15) is 43.4 Å². The van der Waals surface area contributed by atoms with Crippen molar-refractivity contribution in [1.29, 1.82) is 0 Å². The molecule has 0 unspecified atom stereocenters. The zero-order valence-electron chi connectivity index (χ0n) is 9.04. The quantitative estimate of drug-likeness (QED) is 0.813. The largest absolute Gasteiger partial charge is 0.396 e. The van der Waals surface area contributed by atoms with Crippen molar-refractivity contribution < 1.29 is 5.11 Å². The molecule has 1 nitrogen and oxygen atoms in total. The Kier molecular flexibility index (Phi) is 2.18. The van der Waals surface area contributed by atoms with Crippen LogP contribution in [0.4, 0.5) is 0 Å². The van der Waals surface area contributed by atoms with Crippen LogP contribution in [-0.4, -0.2) is 11.7 Å². The molecule has 0 amide bonds. The summed E-state index contributed by atoms with van der Waals surface area (Å²) in [6, 6.07) is 4.49. The third-order valence-electron chi connectivity index (χ3n) is 4.78. The molecule has 15 heavy (non-hydrogen) atoms. The Bertz CT molecular complexity index is 317. The molecule has 3 saturated carbocycles. The van der Waals surface area contributed by atoms with Gasteiger partial charge in [-0.1, -0.05) is 6.07 Å². The van der Waals surface area contributed by atoms with Crippen LogP contribution in [0, 0.1) is 5.41 Å². The molecule has 3 fully saturated rings. The average Bonchev–Trinajstić information content (AvgIpc) is 2.86. The lowest BCUT2D eigenvalue weighted by molar-refractivity contribution is -0.00569. The van der Waals surface area contributed by atoms with E-state index in [1.165, 1.54) is 38.5 Å². The van der Waals surface area contributed by atoms with E-state index in [9.17, 15) is 5.11 Å². The number of rotatable bonds is 2.